The van der Waals surface area contributed by atoms with Crippen molar-refractivity contribution in [2.24, 2.45) is 0 Å². The third-order valence-corrected chi connectivity index (χ3v) is 6.32. The molecule has 1 aliphatic rings. The van der Waals surface area contributed by atoms with Crippen molar-refractivity contribution in [1.29, 1.82) is 0 Å². The van der Waals surface area contributed by atoms with Gasteiger partial charge in [-0.2, -0.15) is 0 Å². The second-order valence-electron chi connectivity index (χ2n) is 6.97. The molecule has 3 rings (SSSR count). The predicted octanol–water partition coefficient (Wildman–Crippen LogP) is 4.26. The molecule has 0 radical (unpaired) electrons. The molecule has 28 heavy (non-hydrogen) atoms. The van der Waals surface area contributed by atoms with Gasteiger partial charge in [0, 0.05) is 25.2 Å². The van der Waals surface area contributed by atoms with Gasteiger partial charge in [0.25, 0.3) is 5.91 Å². The first-order valence-electron chi connectivity index (χ1n) is 9.48. The van der Waals surface area contributed by atoms with Crippen molar-refractivity contribution >= 4 is 23.6 Å². The van der Waals surface area contributed by atoms with Gasteiger partial charge in [-0.3, -0.25) is 9.59 Å². The van der Waals surface area contributed by atoms with Crippen LogP contribution in [0.15, 0.2) is 48.5 Å². The molecule has 1 fully saturated rings. The fraction of sp³-hybridized carbons (Fsp3) is 0.364. The highest BCUT2D eigenvalue weighted by molar-refractivity contribution is 8.01. The van der Waals surface area contributed by atoms with Crippen molar-refractivity contribution in [3.05, 3.63) is 71.0 Å². The van der Waals surface area contributed by atoms with Crippen LogP contribution in [-0.2, 0) is 4.79 Å². The summed E-state index contributed by atoms with van der Waals surface area (Å²) >= 11 is 1.63. The topological polar surface area (TPSA) is 40.6 Å². The first-order valence-corrected chi connectivity index (χ1v) is 10.4. The normalized spacial score (nSPS) is 19.1. The second-order valence-corrected chi connectivity index (χ2v) is 8.40. The van der Waals surface area contributed by atoms with E-state index in [1.54, 1.807) is 22.7 Å². The molecule has 0 aliphatic carbocycles. The summed E-state index contributed by atoms with van der Waals surface area (Å²) in [5, 5.41) is -0.162. The lowest BCUT2D eigenvalue weighted by atomic mass is 10.1. The number of likely N-dealkylation sites (N-methyl/N-ethyl adjacent to an activating group) is 1. The highest BCUT2D eigenvalue weighted by Gasteiger charge is 2.38. The number of benzene rings is 2. The molecule has 0 saturated carbocycles. The Balaban J connectivity index is 1.74. The maximum Gasteiger partial charge on any atom is 0.254 e. The molecule has 0 aromatic heterocycles. The molecule has 148 valence electrons. The number of aryl methyl sites for hydroxylation is 1. The van der Waals surface area contributed by atoms with E-state index < -0.39 is 5.82 Å². The zero-order valence-corrected chi connectivity index (χ0v) is 17.2. The van der Waals surface area contributed by atoms with E-state index in [-0.39, 0.29) is 22.4 Å². The van der Waals surface area contributed by atoms with Gasteiger partial charge in [-0.05, 0) is 44.5 Å². The summed E-state index contributed by atoms with van der Waals surface area (Å²) in [6, 6.07) is 13.9. The van der Waals surface area contributed by atoms with Crippen LogP contribution < -0.4 is 0 Å². The summed E-state index contributed by atoms with van der Waals surface area (Å²) in [7, 11) is 0. The molecular formula is C22H25FN2O2S. The lowest BCUT2D eigenvalue weighted by Gasteiger charge is -2.28. The zero-order valence-electron chi connectivity index (χ0n) is 16.4. The number of amides is 2. The first kappa shape index (κ1) is 20.4. The minimum Gasteiger partial charge on any atom is -0.337 e. The SMILES string of the molecule is CCN(CCN1C(=O)C(C)SC1c1cccc(C)c1)C(=O)c1cccc(F)c1. The number of hydrogen-bond donors (Lipinski definition) is 0. The molecule has 2 aromatic rings. The summed E-state index contributed by atoms with van der Waals surface area (Å²) in [6.45, 7) is 7.20. The third kappa shape index (κ3) is 4.38. The van der Waals surface area contributed by atoms with E-state index in [1.165, 1.54) is 18.2 Å². The van der Waals surface area contributed by atoms with Crippen molar-refractivity contribution in [3.63, 3.8) is 0 Å². The van der Waals surface area contributed by atoms with E-state index in [0.717, 1.165) is 11.1 Å². The highest BCUT2D eigenvalue weighted by atomic mass is 32.2. The molecular weight excluding hydrogens is 375 g/mol. The van der Waals surface area contributed by atoms with Crippen LogP contribution in [0, 0.1) is 12.7 Å². The van der Waals surface area contributed by atoms with Gasteiger partial charge in [0.1, 0.15) is 11.2 Å². The lowest BCUT2D eigenvalue weighted by molar-refractivity contribution is -0.130. The molecule has 2 aromatic carbocycles. The number of hydrogen-bond acceptors (Lipinski definition) is 3. The lowest BCUT2D eigenvalue weighted by Crippen LogP contribution is -2.40. The molecule has 1 heterocycles. The van der Waals surface area contributed by atoms with Gasteiger partial charge in [-0.1, -0.05) is 35.9 Å². The van der Waals surface area contributed by atoms with Crippen molar-refractivity contribution in [2.75, 3.05) is 19.6 Å². The van der Waals surface area contributed by atoms with E-state index in [9.17, 15) is 14.0 Å². The van der Waals surface area contributed by atoms with Crippen LogP contribution in [-0.4, -0.2) is 46.5 Å². The minimum absolute atomic E-state index is 0.0506. The predicted molar refractivity (Wildman–Crippen MR) is 111 cm³/mol. The smallest absolute Gasteiger partial charge is 0.254 e. The van der Waals surface area contributed by atoms with E-state index >= 15 is 0 Å². The standard InChI is InChI=1S/C22H25FN2O2S/c1-4-24(21(27)17-8-6-10-19(23)14-17)11-12-25-20(26)16(3)28-22(25)18-9-5-7-15(2)13-18/h5-10,13-14,16,22H,4,11-12H2,1-3H3. The van der Waals surface area contributed by atoms with Gasteiger partial charge in [0.15, 0.2) is 0 Å². The highest BCUT2D eigenvalue weighted by Crippen LogP contribution is 2.42. The second kappa shape index (κ2) is 8.78. The van der Waals surface area contributed by atoms with Crippen LogP contribution in [0.5, 0.6) is 0 Å². The van der Waals surface area contributed by atoms with Gasteiger partial charge in [-0.25, -0.2) is 4.39 Å². The van der Waals surface area contributed by atoms with Crippen LogP contribution in [0.1, 0.15) is 40.7 Å². The molecule has 0 spiro atoms. The van der Waals surface area contributed by atoms with Gasteiger partial charge in [0.05, 0.1) is 5.25 Å². The van der Waals surface area contributed by atoms with Crippen LogP contribution in [0.4, 0.5) is 4.39 Å². The molecule has 2 unspecified atom stereocenters. The number of halogens is 1. The molecule has 4 nitrogen and oxygen atoms in total. The molecule has 6 heteroatoms. The summed E-state index contributed by atoms with van der Waals surface area (Å²) in [5.74, 6) is -0.562. The molecule has 2 amide bonds. The van der Waals surface area contributed by atoms with Gasteiger partial charge >= 0.3 is 0 Å². The molecule has 0 N–H and O–H groups in total. The Morgan fingerprint density at radius 1 is 1.21 bits per heavy atom. The quantitative estimate of drug-likeness (QED) is 0.728. The Bertz CT molecular complexity index is 873. The first-order chi connectivity index (χ1) is 13.4. The fourth-order valence-corrected chi connectivity index (χ4v) is 4.72. The van der Waals surface area contributed by atoms with Crippen molar-refractivity contribution < 1.29 is 14.0 Å². The van der Waals surface area contributed by atoms with Crippen LogP contribution in [0.2, 0.25) is 0 Å². The van der Waals surface area contributed by atoms with Crippen molar-refractivity contribution in [3.8, 4) is 0 Å². The summed E-state index contributed by atoms with van der Waals surface area (Å²) in [5.41, 5.74) is 2.58. The summed E-state index contributed by atoms with van der Waals surface area (Å²) in [6.07, 6.45) is 0. The monoisotopic (exact) mass is 400 g/mol. The van der Waals surface area contributed by atoms with Gasteiger partial charge in [-0.15, -0.1) is 11.8 Å². The van der Waals surface area contributed by atoms with E-state index in [4.69, 9.17) is 0 Å². The maximum atomic E-state index is 13.5. The number of carbonyl (C=O) groups excluding carboxylic acids is 2. The van der Waals surface area contributed by atoms with Gasteiger partial charge in [0.2, 0.25) is 5.91 Å². The van der Waals surface area contributed by atoms with Crippen molar-refractivity contribution in [1.82, 2.24) is 9.80 Å². The van der Waals surface area contributed by atoms with Crippen LogP contribution in [0.25, 0.3) is 0 Å². The van der Waals surface area contributed by atoms with Crippen LogP contribution in [0.3, 0.4) is 0 Å². The Morgan fingerprint density at radius 2 is 1.96 bits per heavy atom. The minimum atomic E-state index is -0.429. The number of nitrogens with zero attached hydrogens (tertiary/aromatic N) is 2. The number of rotatable bonds is 6. The zero-order chi connectivity index (χ0) is 20.3. The van der Waals surface area contributed by atoms with E-state index in [1.807, 2.05) is 43.9 Å². The Morgan fingerprint density at radius 3 is 2.64 bits per heavy atom. The Labute approximate surface area is 169 Å². The Hall–Kier alpha value is -2.34. The average Bonchev–Trinajstić information content (AvgIpc) is 2.96. The maximum absolute atomic E-state index is 13.5. The van der Waals surface area contributed by atoms with E-state index in [2.05, 4.69) is 6.07 Å². The number of carbonyl (C=O) groups is 2. The summed E-state index contributed by atoms with van der Waals surface area (Å²) in [4.78, 5) is 28.9. The third-order valence-electron chi connectivity index (χ3n) is 4.93. The molecule has 1 aliphatic heterocycles. The van der Waals surface area contributed by atoms with Crippen molar-refractivity contribution in [2.45, 2.75) is 31.4 Å². The fourth-order valence-electron chi connectivity index (χ4n) is 3.42. The van der Waals surface area contributed by atoms with Gasteiger partial charge < -0.3 is 9.80 Å². The summed E-state index contributed by atoms with van der Waals surface area (Å²) < 4.78 is 13.5. The Kier molecular flexibility index (Phi) is 6.39. The molecule has 0 bridgehead atoms. The number of thioether (sulfide) groups is 1. The average molecular weight is 401 g/mol. The van der Waals surface area contributed by atoms with Crippen LogP contribution >= 0.6 is 11.8 Å². The molecule has 2 atom stereocenters. The van der Waals surface area contributed by atoms with E-state index in [0.29, 0.717) is 25.2 Å². The molecule has 1 saturated heterocycles. The largest absolute Gasteiger partial charge is 0.337 e.